The van der Waals surface area contributed by atoms with Crippen LogP contribution in [0.3, 0.4) is 0 Å². The predicted octanol–water partition coefficient (Wildman–Crippen LogP) is 4.61. The van der Waals surface area contributed by atoms with Crippen molar-refractivity contribution in [3.8, 4) is 0 Å². The fraction of sp³-hybridized carbons (Fsp3) is 0.0769. The second-order valence-electron chi connectivity index (χ2n) is 3.44. The molecule has 0 aliphatic carbocycles. The van der Waals surface area contributed by atoms with Crippen molar-refractivity contribution in [3.05, 3.63) is 64.1 Å². The standard InChI is InChI=1S/C13H11Cl2N/c14-11-7-4-8-12(15)13(11)16-9-10-5-2-1-3-6-10/h1-8,16H,9H2. The zero-order valence-electron chi connectivity index (χ0n) is 8.58. The Morgan fingerprint density at radius 2 is 1.44 bits per heavy atom. The summed E-state index contributed by atoms with van der Waals surface area (Å²) in [6.07, 6.45) is 0. The summed E-state index contributed by atoms with van der Waals surface area (Å²) in [5.74, 6) is 0. The fourth-order valence-corrected chi connectivity index (χ4v) is 1.98. The van der Waals surface area contributed by atoms with Crippen molar-refractivity contribution < 1.29 is 0 Å². The topological polar surface area (TPSA) is 12.0 Å². The summed E-state index contributed by atoms with van der Waals surface area (Å²) in [7, 11) is 0. The molecule has 0 heterocycles. The van der Waals surface area contributed by atoms with E-state index >= 15 is 0 Å². The molecule has 0 amide bonds. The fourth-order valence-electron chi connectivity index (χ4n) is 1.45. The number of hydrogen-bond acceptors (Lipinski definition) is 1. The normalized spacial score (nSPS) is 10.1. The number of para-hydroxylation sites is 1. The second-order valence-corrected chi connectivity index (χ2v) is 4.25. The Hall–Kier alpha value is -1.18. The van der Waals surface area contributed by atoms with Gasteiger partial charge in [0.1, 0.15) is 0 Å². The number of hydrogen-bond donors (Lipinski definition) is 1. The highest BCUT2D eigenvalue weighted by molar-refractivity contribution is 6.39. The summed E-state index contributed by atoms with van der Waals surface area (Å²) < 4.78 is 0. The zero-order valence-corrected chi connectivity index (χ0v) is 10.1. The molecule has 2 aromatic rings. The van der Waals surface area contributed by atoms with Crippen LogP contribution < -0.4 is 5.32 Å². The molecule has 82 valence electrons. The SMILES string of the molecule is Clc1cccc(Cl)c1NCc1ccccc1. The molecular weight excluding hydrogens is 241 g/mol. The molecule has 0 saturated heterocycles. The molecule has 0 spiro atoms. The third-order valence-corrected chi connectivity index (χ3v) is 2.90. The third kappa shape index (κ3) is 2.69. The summed E-state index contributed by atoms with van der Waals surface area (Å²) in [5.41, 5.74) is 1.98. The molecule has 16 heavy (non-hydrogen) atoms. The maximum absolute atomic E-state index is 6.05. The van der Waals surface area contributed by atoms with Crippen molar-refractivity contribution in [3.63, 3.8) is 0 Å². The molecule has 0 aromatic heterocycles. The highest BCUT2D eigenvalue weighted by atomic mass is 35.5. The van der Waals surface area contributed by atoms with Crippen molar-refractivity contribution in [2.75, 3.05) is 5.32 Å². The van der Waals surface area contributed by atoms with Gasteiger partial charge in [-0.05, 0) is 17.7 Å². The molecular formula is C13H11Cl2N. The van der Waals surface area contributed by atoms with Gasteiger partial charge in [-0.15, -0.1) is 0 Å². The number of benzene rings is 2. The van der Waals surface area contributed by atoms with E-state index in [0.29, 0.717) is 16.6 Å². The van der Waals surface area contributed by atoms with Crippen LogP contribution in [0.2, 0.25) is 10.0 Å². The van der Waals surface area contributed by atoms with E-state index in [1.54, 1.807) is 0 Å². The summed E-state index contributed by atoms with van der Waals surface area (Å²) in [4.78, 5) is 0. The van der Waals surface area contributed by atoms with Crippen molar-refractivity contribution in [1.82, 2.24) is 0 Å². The lowest BCUT2D eigenvalue weighted by Crippen LogP contribution is -2.00. The van der Waals surface area contributed by atoms with Gasteiger partial charge in [0.25, 0.3) is 0 Å². The van der Waals surface area contributed by atoms with E-state index < -0.39 is 0 Å². The van der Waals surface area contributed by atoms with Crippen LogP contribution in [-0.2, 0) is 6.54 Å². The Kier molecular flexibility index (Phi) is 3.70. The van der Waals surface area contributed by atoms with E-state index in [1.807, 2.05) is 36.4 Å². The molecule has 0 bridgehead atoms. The van der Waals surface area contributed by atoms with Crippen LogP contribution in [0.25, 0.3) is 0 Å². The Balaban J connectivity index is 2.11. The number of halogens is 2. The minimum absolute atomic E-state index is 0.642. The summed E-state index contributed by atoms with van der Waals surface area (Å²) in [6, 6.07) is 15.6. The van der Waals surface area contributed by atoms with Crippen LogP contribution in [-0.4, -0.2) is 0 Å². The lowest BCUT2D eigenvalue weighted by molar-refractivity contribution is 1.15. The first-order chi connectivity index (χ1) is 7.77. The van der Waals surface area contributed by atoms with E-state index in [9.17, 15) is 0 Å². The molecule has 3 heteroatoms. The zero-order chi connectivity index (χ0) is 11.4. The van der Waals surface area contributed by atoms with Gasteiger partial charge in [0.15, 0.2) is 0 Å². The molecule has 0 fully saturated rings. The van der Waals surface area contributed by atoms with Gasteiger partial charge < -0.3 is 5.32 Å². The average Bonchev–Trinajstić information content (AvgIpc) is 2.30. The first-order valence-corrected chi connectivity index (χ1v) is 5.75. The van der Waals surface area contributed by atoms with Crippen LogP contribution in [0.1, 0.15) is 5.56 Å². The van der Waals surface area contributed by atoms with Gasteiger partial charge in [-0.1, -0.05) is 59.6 Å². The largest absolute Gasteiger partial charge is 0.379 e. The molecule has 0 aliphatic heterocycles. The summed E-state index contributed by atoms with van der Waals surface area (Å²) in [6.45, 7) is 0.713. The van der Waals surface area contributed by atoms with Crippen molar-refractivity contribution in [2.24, 2.45) is 0 Å². The Bertz CT molecular complexity index is 448. The monoisotopic (exact) mass is 251 g/mol. The Morgan fingerprint density at radius 1 is 0.812 bits per heavy atom. The molecule has 0 atom stereocenters. The van der Waals surface area contributed by atoms with Crippen LogP contribution in [0, 0.1) is 0 Å². The lowest BCUT2D eigenvalue weighted by atomic mass is 10.2. The maximum atomic E-state index is 6.05. The van der Waals surface area contributed by atoms with Crippen molar-refractivity contribution >= 4 is 28.9 Å². The second kappa shape index (κ2) is 5.24. The van der Waals surface area contributed by atoms with E-state index in [-0.39, 0.29) is 0 Å². The van der Waals surface area contributed by atoms with E-state index in [1.165, 1.54) is 5.56 Å². The lowest BCUT2D eigenvalue weighted by Gasteiger charge is -2.10. The third-order valence-electron chi connectivity index (χ3n) is 2.27. The number of rotatable bonds is 3. The van der Waals surface area contributed by atoms with E-state index in [0.717, 1.165) is 5.69 Å². The van der Waals surface area contributed by atoms with Crippen LogP contribution >= 0.6 is 23.2 Å². The molecule has 1 N–H and O–H groups in total. The highest BCUT2D eigenvalue weighted by Gasteiger charge is 2.03. The Morgan fingerprint density at radius 3 is 2.06 bits per heavy atom. The number of nitrogens with one attached hydrogen (secondary N) is 1. The molecule has 2 aromatic carbocycles. The minimum atomic E-state index is 0.642. The van der Waals surface area contributed by atoms with Gasteiger partial charge in [0.05, 0.1) is 15.7 Å². The summed E-state index contributed by atoms with van der Waals surface area (Å²) in [5, 5.41) is 4.52. The van der Waals surface area contributed by atoms with Crippen molar-refractivity contribution in [2.45, 2.75) is 6.54 Å². The molecule has 0 unspecified atom stereocenters. The molecule has 1 nitrogen and oxygen atoms in total. The smallest absolute Gasteiger partial charge is 0.0721 e. The van der Waals surface area contributed by atoms with Crippen LogP contribution in [0.15, 0.2) is 48.5 Å². The minimum Gasteiger partial charge on any atom is -0.379 e. The molecule has 0 saturated carbocycles. The van der Waals surface area contributed by atoms with E-state index in [4.69, 9.17) is 23.2 Å². The van der Waals surface area contributed by atoms with Crippen LogP contribution in [0.4, 0.5) is 5.69 Å². The molecule has 0 aliphatic rings. The van der Waals surface area contributed by atoms with E-state index in [2.05, 4.69) is 17.4 Å². The number of anilines is 1. The summed E-state index contributed by atoms with van der Waals surface area (Å²) >= 11 is 12.1. The van der Waals surface area contributed by atoms with Gasteiger partial charge in [0, 0.05) is 6.54 Å². The quantitative estimate of drug-likeness (QED) is 0.841. The first kappa shape index (κ1) is 11.3. The average molecular weight is 252 g/mol. The highest BCUT2D eigenvalue weighted by Crippen LogP contribution is 2.30. The van der Waals surface area contributed by atoms with Gasteiger partial charge >= 0.3 is 0 Å². The maximum Gasteiger partial charge on any atom is 0.0721 e. The van der Waals surface area contributed by atoms with Gasteiger partial charge in [0.2, 0.25) is 0 Å². The molecule has 0 radical (unpaired) electrons. The van der Waals surface area contributed by atoms with Crippen molar-refractivity contribution in [1.29, 1.82) is 0 Å². The van der Waals surface area contributed by atoms with Gasteiger partial charge in [-0.2, -0.15) is 0 Å². The van der Waals surface area contributed by atoms with Crippen LogP contribution in [0.5, 0.6) is 0 Å². The van der Waals surface area contributed by atoms with Gasteiger partial charge in [-0.25, -0.2) is 0 Å². The first-order valence-electron chi connectivity index (χ1n) is 4.99. The van der Waals surface area contributed by atoms with Gasteiger partial charge in [-0.3, -0.25) is 0 Å². The Labute approximate surface area is 105 Å². The molecule has 2 rings (SSSR count). The predicted molar refractivity (Wildman–Crippen MR) is 70.2 cm³/mol.